The molecule has 1 saturated heterocycles. The number of likely N-dealkylation sites (tertiary alicyclic amines) is 1. The van der Waals surface area contributed by atoms with E-state index in [1.165, 1.54) is 0 Å². The summed E-state index contributed by atoms with van der Waals surface area (Å²) in [5.41, 5.74) is 0.515. The molecule has 1 aliphatic rings. The van der Waals surface area contributed by atoms with Crippen molar-refractivity contribution in [3.05, 3.63) is 35.9 Å². The van der Waals surface area contributed by atoms with E-state index < -0.39 is 17.7 Å². The number of benzene rings is 1. The number of rotatable bonds is 2. The minimum Gasteiger partial charge on any atom is -0.444 e. The molecule has 0 saturated carbocycles. The Balaban J connectivity index is 2.09. The van der Waals surface area contributed by atoms with Gasteiger partial charge in [0.15, 0.2) is 5.78 Å². The zero-order valence-electron chi connectivity index (χ0n) is 12.3. The lowest BCUT2D eigenvalue weighted by Gasteiger charge is -2.27. The van der Waals surface area contributed by atoms with Gasteiger partial charge in [0.05, 0.1) is 6.04 Å². The summed E-state index contributed by atoms with van der Waals surface area (Å²) in [5.74, 6) is 0.111. The highest BCUT2D eigenvalue weighted by molar-refractivity contribution is 5.91. The number of hydrogen-bond acceptors (Lipinski definition) is 3. The van der Waals surface area contributed by atoms with E-state index in [1.807, 2.05) is 51.1 Å². The van der Waals surface area contributed by atoms with Crippen LogP contribution in [0.4, 0.5) is 4.79 Å². The molecule has 1 aliphatic heterocycles. The van der Waals surface area contributed by atoms with Gasteiger partial charge in [-0.3, -0.25) is 9.69 Å². The van der Waals surface area contributed by atoms with E-state index in [0.717, 1.165) is 5.56 Å². The maximum Gasteiger partial charge on any atom is 0.410 e. The number of ether oxygens (including phenoxy) is 1. The van der Waals surface area contributed by atoms with Crippen molar-refractivity contribution in [2.75, 3.05) is 6.54 Å². The third kappa shape index (κ3) is 3.59. The molecule has 4 heteroatoms. The highest BCUT2D eigenvalue weighted by atomic mass is 16.6. The van der Waals surface area contributed by atoms with Crippen molar-refractivity contribution in [3.63, 3.8) is 0 Å². The number of nitrogens with zero attached hydrogens (tertiary/aromatic N) is 1. The monoisotopic (exact) mass is 275 g/mol. The molecule has 1 atom stereocenters. The summed E-state index contributed by atoms with van der Waals surface area (Å²) in [6, 6.07) is 9.36. The second-order valence-electron chi connectivity index (χ2n) is 6.10. The van der Waals surface area contributed by atoms with Crippen LogP contribution in [-0.2, 0) is 16.0 Å². The molecule has 0 spiro atoms. The van der Waals surface area contributed by atoms with E-state index in [1.54, 1.807) is 4.90 Å². The standard InChI is InChI=1S/C16H21NO3/c1-16(2,3)20-15(19)17-10-9-14(18)13(17)11-12-7-5-4-6-8-12/h4-8,13H,9-11H2,1-3H3/t13-/m0/s1. The fourth-order valence-corrected chi connectivity index (χ4v) is 2.33. The van der Waals surface area contributed by atoms with Crippen LogP contribution in [0, 0.1) is 0 Å². The summed E-state index contributed by atoms with van der Waals surface area (Å²) < 4.78 is 5.37. The van der Waals surface area contributed by atoms with Gasteiger partial charge >= 0.3 is 6.09 Å². The molecule has 1 heterocycles. The van der Waals surface area contributed by atoms with E-state index in [0.29, 0.717) is 19.4 Å². The van der Waals surface area contributed by atoms with Crippen molar-refractivity contribution in [1.29, 1.82) is 0 Å². The van der Waals surface area contributed by atoms with Gasteiger partial charge in [-0.25, -0.2) is 4.79 Å². The Morgan fingerprint density at radius 1 is 1.30 bits per heavy atom. The van der Waals surface area contributed by atoms with Gasteiger partial charge in [0, 0.05) is 19.4 Å². The Labute approximate surface area is 119 Å². The second kappa shape index (κ2) is 5.65. The van der Waals surface area contributed by atoms with Crippen LogP contribution in [0.3, 0.4) is 0 Å². The molecule has 108 valence electrons. The van der Waals surface area contributed by atoms with Crippen molar-refractivity contribution in [2.45, 2.75) is 45.3 Å². The maximum atomic E-state index is 12.2. The van der Waals surface area contributed by atoms with E-state index >= 15 is 0 Å². The number of amides is 1. The molecule has 0 radical (unpaired) electrons. The molecule has 1 aromatic rings. The van der Waals surface area contributed by atoms with Crippen LogP contribution in [0.25, 0.3) is 0 Å². The molecule has 0 aliphatic carbocycles. The summed E-state index contributed by atoms with van der Waals surface area (Å²) >= 11 is 0. The van der Waals surface area contributed by atoms with Crippen molar-refractivity contribution >= 4 is 11.9 Å². The topological polar surface area (TPSA) is 46.6 Å². The highest BCUT2D eigenvalue weighted by Gasteiger charge is 2.37. The molecule has 1 amide bonds. The zero-order valence-corrected chi connectivity index (χ0v) is 12.3. The fraction of sp³-hybridized carbons (Fsp3) is 0.500. The molecule has 20 heavy (non-hydrogen) atoms. The van der Waals surface area contributed by atoms with E-state index in [-0.39, 0.29) is 5.78 Å². The summed E-state index contributed by atoms with van der Waals surface area (Å²) in [6.07, 6.45) is 0.569. The summed E-state index contributed by atoms with van der Waals surface area (Å²) in [6.45, 7) is 5.93. The molecular weight excluding hydrogens is 254 g/mol. The predicted molar refractivity (Wildman–Crippen MR) is 76.5 cm³/mol. The molecule has 0 N–H and O–H groups in total. The summed E-state index contributed by atoms with van der Waals surface area (Å²) in [5, 5.41) is 0. The lowest BCUT2D eigenvalue weighted by atomic mass is 10.0. The Morgan fingerprint density at radius 2 is 1.95 bits per heavy atom. The molecule has 4 nitrogen and oxygen atoms in total. The molecule has 1 aromatic carbocycles. The molecule has 0 unspecified atom stereocenters. The Hall–Kier alpha value is -1.84. The minimum atomic E-state index is -0.542. The van der Waals surface area contributed by atoms with Gasteiger partial charge in [-0.15, -0.1) is 0 Å². The quantitative estimate of drug-likeness (QED) is 0.833. The Kier molecular flexibility index (Phi) is 4.12. The highest BCUT2D eigenvalue weighted by Crippen LogP contribution is 2.21. The van der Waals surface area contributed by atoms with Gasteiger partial charge in [-0.1, -0.05) is 30.3 Å². The van der Waals surface area contributed by atoms with Crippen molar-refractivity contribution < 1.29 is 14.3 Å². The number of carbonyl (C=O) groups is 2. The van der Waals surface area contributed by atoms with Gasteiger partial charge < -0.3 is 4.74 Å². The van der Waals surface area contributed by atoms with Crippen LogP contribution in [0.5, 0.6) is 0 Å². The van der Waals surface area contributed by atoms with E-state index in [2.05, 4.69) is 0 Å². The lowest BCUT2D eigenvalue weighted by Crippen LogP contribution is -2.42. The van der Waals surface area contributed by atoms with Crippen LogP contribution in [0.2, 0.25) is 0 Å². The maximum absolute atomic E-state index is 12.2. The van der Waals surface area contributed by atoms with Crippen molar-refractivity contribution in [3.8, 4) is 0 Å². The van der Waals surface area contributed by atoms with E-state index in [9.17, 15) is 9.59 Å². The lowest BCUT2D eigenvalue weighted by molar-refractivity contribution is -0.119. The van der Waals surface area contributed by atoms with Crippen LogP contribution in [-0.4, -0.2) is 35.0 Å². The number of carbonyl (C=O) groups excluding carboxylic acids is 2. The number of hydrogen-bond donors (Lipinski definition) is 0. The van der Waals surface area contributed by atoms with Gasteiger partial charge in [0.1, 0.15) is 5.60 Å². The van der Waals surface area contributed by atoms with Crippen molar-refractivity contribution in [1.82, 2.24) is 4.90 Å². The zero-order chi connectivity index (χ0) is 14.8. The SMILES string of the molecule is CC(C)(C)OC(=O)N1CCC(=O)[C@@H]1Cc1ccccc1. The van der Waals surface area contributed by atoms with Gasteiger partial charge in [-0.05, 0) is 26.3 Å². The molecule has 0 bridgehead atoms. The average Bonchev–Trinajstić information content (AvgIpc) is 2.70. The summed E-state index contributed by atoms with van der Waals surface area (Å²) in [7, 11) is 0. The first-order valence-corrected chi connectivity index (χ1v) is 6.93. The van der Waals surface area contributed by atoms with Crippen LogP contribution < -0.4 is 0 Å². The first kappa shape index (κ1) is 14.6. The Morgan fingerprint density at radius 3 is 2.55 bits per heavy atom. The molecule has 1 fully saturated rings. The smallest absolute Gasteiger partial charge is 0.410 e. The third-order valence-electron chi connectivity index (χ3n) is 3.25. The molecule has 2 rings (SSSR count). The largest absolute Gasteiger partial charge is 0.444 e. The van der Waals surface area contributed by atoms with Crippen molar-refractivity contribution in [2.24, 2.45) is 0 Å². The third-order valence-corrected chi connectivity index (χ3v) is 3.25. The normalized spacial score (nSPS) is 19.2. The second-order valence-corrected chi connectivity index (χ2v) is 6.10. The minimum absolute atomic E-state index is 0.111. The Bertz CT molecular complexity index is 490. The van der Waals surface area contributed by atoms with Crippen LogP contribution >= 0.6 is 0 Å². The first-order chi connectivity index (χ1) is 9.37. The first-order valence-electron chi connectivity index (χ1n) is 6.93. The molecular formula is C16H21NO3. The van der Waals surface area contributed by atoms with Gasteiger partial charge in [-0.2, -0.15) is 0 Å². The van der Waals surface area contributed by atoms with Gasteiger partial charge in [0.2, 0.25) is 0 Å². The fourth-order valence-electron chi connectivity index (χ4n) is 2.33. The number of Topliss-reactive ketones (excluding diaryl/α,β-unsaturated/α-hetero) is 1. The van der Waals surface area contributed by atoms with E-state index in [4.69, 9.17) is 4.74 Å². The summed E-state index contributed by atoms with van der Waals surface area (Å²) in [4.78, 5) is 25.7. The van der Waals surface area contributed by atoms with Gasteiger partial charge in [0.25, 0.3) is 0 Å². The number of ketones is 1. The van der Waals surface area contributed by atoms with Crippen LogP contribution in [0.15, 0.2) is 30.3 Å². The molecule has 0 aromatic heterocycles. The average molecular weight is 275 g/mol. The van der Waals surface area contributed by atoms with Crippen LogP contribution in [0.1, 0.15) is 32.8 Å². The predicted octanol–water partition coefficient (Wildman–Crippen LogP) is 2.81.